The van der Waals surface area contributed by atoms with Crippen molar-refractivity contribution in [3.8, 4) is 0 Å². The molecule has 0 radical (unpaired) electrons. The zero-order valence-corrected chi connectivity index (χ0v) is 11.1. The molecule has 19 heavy (non-hydrogen) atoms. The molecule has 96 valence electrons. The van der Waals surface area contributed by atoms with Crippen LogP contribution in [0.3, 0.4) is 0 Å². The van der Waals surface area contributed by atoms with E-state index in [0.717, 1.165) is 25.0 Å². The van der Waals surface area contributed by atoms with Gasteiger partial charge in [-0.2, -0.15) is 0 Å². The summed E-state index contributed by atoms with van der Waals surface area (Å²) in [5.74, 6) is -0.0626. The third kappa shape index (κ3) is 2.38. The van der Waals surface area contributed by atoms with Gasteiger partial charge in [0.2, 0.25) is 0 Å². The Morgan fingerprint density at radius 1 is 1.26 bits per heavy atom. The summed E-state index contributed by atoms with van der Waals surface area (Å²) in [6, 6.07) is 7.32. The first-order valence-electron chi connectivity index (χ1n) is 6.35. The molecule has 0 fully saturated rings. The molecule has 3 rings (SSSR count). The van der Waals surface area contributed by atoms with E-state index >= 15 is 0 Å². The zero-order chi connectivity index (χ0) is 13.2. The fourth-order valence-electron chi connectivity index (χ4n) is 2.62. The van der Waals surface area contributed by atoms with Gasteiger partial charge < -0.3 is 0 Å². The van der Waals surface area contributed by atoms with E-state index in [-0.39, 0.29) is 11.7 Å². The molecule has 2 aromatic heterocycles. The molecule has 0 spiro atoms. The van der Waals surface area contributed by atoms with E-state index in [1.54, 1.807) is 24.5 Å². The first-order chi connectivity index (χ1) is 9.25. The largest absolute Gasteiger partial charge is 0.293 e. The molecule has 1 atom stereocenters. The van der Waals surface area contributed by atoms with Crippen LogP contribution in [0.1, 0.15) is 40.4 Å². The van der Waals surface area contributed by atoms with Gasteiger partial charge in [0, 0.05) is 18.0 Å². The number of ketones is 1. The first-order valence-corrected chi connectivity index (χ1v) is 6.73. The highest BCUT2D eigenvalue weighted by Crippen LogP contribution is 2.32. The molecule has 2 aromatic rings. The number of rotatable bonds is 2. The Kier molecular flexibility index (Phi) is 3.30. The SMILES string of the molecule is O=C(c1ccnc(Cl)c1)C1CCCc2cccnc21. The number of aryl methyl sites for hydroxylation is 1. The zero-order valence-electron chi connectivity index (χ0n) is 10.3. The summed E-state index contributed by atoms with van der Waals surface area (Å²) in [4.78, 5) is 20.9. The molecule has 1 aliphatic carbocycles. The minimum Gasteiger partial charge on any atom is -0.293 e. The van der Waals surface area contributed by atoms with Gasteiger partial charge in [0.25, 0.3) is 0 Å². The number of hydrogen-bond donors (Lipinski definition) is 0. The Bertz CT molecular complexity index is 627. The highest BCUT2D eigenvalue weighted by atomic mass is 35.5. The third-order valence-electron chi connectivity index (χ3n) is 3.52. The molecule has 2 heterocycles. The smallest absolute Gasteiger partial charge is 0.172 e. The lowest BCUT2D eigenvalue weighted by atomic mass is 9.82. The highest BCUT2D eigenvalue weighted by molar-refractivity contribution is 6.29. The van der Waals surface area contributed by atoms with E-state index in [4.69, 9.17) is 11.6 Å². The molecule has 0 saturated carbocycles. The lowest BCUT2D eigenvalue weighted by Crippen LogP contribution is -2.20. The Morgan fingerprint density at radius 3 is 3.00 bits per heavy atom. The average molecular weight is 273 g/mol. The minimum absolute atomic E-state index is 0.0870. The number of carbonyl (C=O) groups is 1. The number of fused-ring (bicyclic) bond motifs is 1. The van der Waals surface area contributed by atoms with Gasteiger partial charge in [-0.3, -0.25) is 9.78 Å². The molecule has 0 N–H and O–H groups in total. The van der Waals surface area contributed by atoms with Crippen molar-refractivity contribution in [3.63, 3.8) is 0 Å². The summed E-state index contributed by atoms with van der Waals surface area (Å²) in [6.45, 7) is 0. The number of Topliss-reactive ketones (excluding diaryl/α,β-unsaturated/α-hetero) is 1. The van der Waals surface area contributed by atoms with Crippen LogP contribution in [0.5, 0.6) is 0 Å². The maximum absolute atomic E-state index is 12.6. The number of pyridine rings is 2. The lowest BCUT2D eigenvalue weighted by Gasteiger charge is -2.23. The van der Waals surface area contributed by atoms with E-state index in [1.165, 1.54) is 5.56 Å². The summed E-state index contributed by atoms with van der Waals surface area (Å²) in [6.07, 6.45) is 6.20. The van der Waals surface area contributed by atoms with Gasteiger partial charge in [-0.25, -0.2) is 4.98 Å². The van der Waals surface area contributed by atoms with Crippen molar-refractivity contribution in [2.75, 3.05) is 0 Å². The van der Waals surface area contributed by atoms with Crippen LogP contribution in [0, 0.1) is 0 Å². The van der Waals surface area contributed by atoms with Crippen molar-refractivity contribution < 1.29 is 4.79 Å². The fraction of sp³-hybridized carbons (Fsp3) is 0.267. The van der Waals surface area contributed by atoms with Gasteiger partial charge in [-0.15, -0.1) is 0 Å². The van der Waals surface area contributed by atoms with Crippen LogP contribution in [0.15, 0.2) is 36.7 Å². The molecule has 0 bridgehead atoms. The quantitative estimate of drug-likeness (QED) is 0.621. The Morgan fingerprint density at radius 2 is 2.16 bits per heavy atom. The van der Waals surface area contributed by atoms with Gasteiger partial charge in [0.15, 0.2) is 5.78 Å². The molecule has 0 aliphatic heterocycles. The van der Waals surface area contributed by atoms with Crippen LogP contribution in [0.25, 0.3) is 0 Å². The summed E-state index contributed by atoms with van der Waals surface area (Å²) in [5, 5.41) is 0.350. The standard InChI is InChI=1S/C15H13ClN2O/c16-13-9-11(6-8-17-13)15(19)12-5-1-3-10-4-2-7-18-14(10)12/h2,4,6-9,12H,1,3,5H2. The number of aromatic nitrogens is 2. The molecule has 0 amide bonds. The summed E-state index contributed by atoms with van der Waals surface area (Å²) in [5.41, 5.74) is 2.72. The van der Waals surface area contributed by atoms with E-state index in [9.17, 15) is 4.79 Å². The molecule has 0 aromatic carbocycles. The van der Waals surface area contributed by atoms with E-state index in [1.807, 2.05) is 6.07 Å². The molecule has 4 heteroatoms. The van der Waals surface area contributed by atoms with E-state index < -0.39 is 0 Å². The van der Waals surface area contributed by atoms with Crippen molar-refractivity contribution in [3.05, 3.63) is 58.6 Å². The lowest BCUT2D eigenvalue weighted by molar-refractivity contribution is 0.0949. The van der Waals surface area contributed by atoms with Crippen LogP contribution >= 0.6 is 11.6 Å². The maximum atomic E-state index is 12.6. The predicted octanol–water partition coefficient (Wildman–Crippen LogP) is 3.43. The van der Waals surface area contributed by atoms with Crippen LogP contribution in [-0.4, -0.2) is 15.8 Å². The van der Waals surface area contributed by atoms with Gasteiger partial charge in [-0.1, -0.05) is 17.7 Å². The maximum Gasteiger partial charge on any atom is 0.172 e. The second-order valence-electron chi connectivity index (χ2n) is 4.72. The van der Waals surface area contributed by atoms with Crippen LogP contribution in [0.4, 0.5) is 0 Å². The predicted molar refractivity (Wildman–Crippen MR) is 73.5 cm³/mol. The highest BCUT2D eigenvalue weighted by Gasteiger charge is 2.28. The number of carbonyl (C=O) groups excluding carboxylic acids is 1. The average Bonchev–Trinajstić information content (AvgIpc) is 2.46. The summed E-state index contributed by atoms with van der Waals surface area (Å²) < 4.78 is 0. The van der Waals surface area contributed by atoms with E-state index in [2.05, 4.69) is 16.0 Å². The summed E-state index contributed by atoms with van der Waals surface area (Å²) in [7, 11) is 0. The second kappa shape index (κ2) is 5.10. The van der Waals surface area contributed by atoms with Crippen molar-refractivity contribution in [2.45, 2.75) is 25.2 Å². The van der Waals surface area contributed by atoms with Crippen molar-refractivity contribution >= 4 is 17.4 Å². The van der Waals surface area contributed by atoms with Crippen molar-refractivity contribution in [1.82, 2.24) is 9.97 Å². The van der Waals surface area contributed by atoms with Crippen molar-refractivity contribution in [2.24, 2.45) is 0 Å². The number of hydrogen-bond acceptors (Lipinski definition) is 3. The van der Waals surface area contributed by atoms with Crippen LogP contribution in [0.2, 0.25) is 5.15 Å². The van der Waals surface area contributed by atoms with Gasteiger partial charge >= 0.3 is 0 Å². The molecule has 0 saturated heterocycles. The molecular weight excluding hydrogens is 260 g/mol. The topological polar surface area (TPSA) is 42.9 Å². The summed E-state index contributed by atoms with van der Waals surface area (Å²) >= 11 is 5.85. The third-order valence-corrected chi connectivity index (χ3v) is 3.73. The monoisotopic (exact) mass is 272 g/mol. The normalized spacial score (nSPS) is 17.8. The molecule has 1 unspecified atom stereocenters. The molecular formula is C15H13ClN2O. The fourth-order valence-corrected chi connectivity index (χ4v) is 2.80. The Hall–Kier alpha value is -1.74. The molecule has 3 nitrogen and oxygen atoms in total. The number of halogens is 1. The second-order valence-corrected chi connectivity index (χ2v) is 5.11. The minimum atomic E-state index is -0.150. The number of nitrogens with zero attached hydrogens (tertiary/aromatic N) is 2. The van der Waals surface area contributed by atoms with Crippen molar-refractivity contribution in [1.29, 1.82) is 0 Å². The van der Waals surface area contributed by atoms with Gasteiger partial charge in [0.1, 0.15) is 5.15 Å². The Labute approximate surface area is 116 Å². The first kappa shape index (κ1) is 12.3. The van der Waals surface area contributed by atoms with Crippen LogP contribution < -0.4 is 0 Å². The van der Waals surface area contributed by atoms with Crippen LogP contribution in [-0.2, 0) is 6.42 Å². The molecule has 1 aliphatic rings. The van der Waals surface area contributed by atoms with E-state index in [0.29, 0.717) is 10.7 Å². The van der Waals surface area contributed by atoms with Gasteiger partial charge in [-0.05, 0) is 43.0 Å². The van der Waals surface area contributed by atoms with Gasteiger partial charge in [0.05, 0.1) is 11.6 Å². The Balaban J connectivity index is 1.98.